The zero-order valence-corrected chi connectivity index (χ0v) is 20.7. The Morgan fingerprint density at radius 1 is 0.946 bits per heavy atom. The third-order valence-corrected chi connectivity index (χ3v) is 6.06. The van der Waals surface area contributed by atoms with Crippen molar-refractivity contribution < 1.29 is 9.59 Å². The average Bonchev–Trinajstić information content (AvgIpc) is 3.59. The third-order valence-electron chi connectivity index (χ3n) is 5.43. The van der Waals surface area contributed by atoms with Crippen molar-refractivity contribution in [1.82, 2.24) is 30.3 Å². The number of nitrogens with zero attached hydrogens (tertiary/aromatic N) is 4. The Morgan fingerprint density at radius 3 is 2.49 bits per heavy atom. The highest BCUT2D eigenvalue weighted by atomic mass is 35.5. The molecule has 0 atom stereocenters. The van der Waals surface area contributed by atoms with Crippen molar-refractivity contribution in [3.8, 4) is 16.9 Å². The first-order chi connectivity index (χ1) is 18.0. The molecule has 0 fully saturated rings. The molecule has 0 saturated carbocycles. The molecule has 3 aromatic heterocycles. The number of pyridine rings is 1. The van der Waals surface area contributed by atoms with E-state index in [0.29, 0.717) is 22.0 Å². The third kappa shape index (κ3) is 5.37. The van der Waals surface area contributed by atoms with Gasteiger partial charge in [-0.1, -0.05) is 47.5 Å². The van der Waals surface area contributed by atoms with Crippen molar-refractivity contribution >= 4 is 40.8 Å². The molecule has 184 valence electrons. The van der Waals surface area contributed by atoms with Crippen LogP contribution in [0.2, 0.25) is 10.0 Å². The van der Waals surface area contributed by atoms with E-state index in [1.54, 1.807) is 36.8 Å². The molecule has 3 heterocycles. The van der Waals surface area contributed by atoms with Gasteiger partial charge in [0.05, 0.1) is 33.2 Å². The lowest BCUT2D eigenvalue weighted by Crippen LogP contribution is -2.23. The molecule has 9 nitrogen and oxygen atoms in total. The molecule has 2 amide bonds. The molecule has 0 bridgehead atoms. The molecule has 0 saturated heterocycles. The molecule has 2 aromatic carbocycles. The lowest BCUT2D eigenvalue weighted by atomic mass is 10.1. The number of amides is 2. The second kappa shape index (κ2) is 10.7. The van der Waals surface area contributed by atoms with Crippen molar-refractivity contribution in [3.05, 3.63) is 112 Å². The van der Waals surface area contributed by atoms with Gasteiger partial charge in [0.1, 0.15) is 5.82 Å². The summed E-state index contributed by atoms with van der Waals surface area (Å²) in [4.78, 5) is 30.5. The molecule has 5 aromatic rings. The van der Waals surface area contributed by atoms with Gasteiger partial charge in [0, 0.05) is 36.1 Å². The summed E-state index contributed by atoms with van der Waals surface area (Å²) in [6.07, 6.45) is 4.94. The fraction of sp³-hybridized carbons (Fsp3) is 0.0385. The Labute approximate surface area is 221 Å². The van der Waals surface area contributed by atoms with Crippen molar-refractivity contribution in [2.45, 2.75) is 6.54 Å². The lowest BCUT2D eigenvalue weighted by molar-refractivity contribution is 0.0944. The van der Waals surface area contributed by atoms with Gasteiger partial charge in [0.15, 0.2) is 5.69 Å². The number of aromatic amines is 1. The number of halogens is 2. The number of benzene rings is 2. The highest BCUT2D eigenvalue weighted by Crippen LogP contribution is 2.32. The van der Waals surface area contributed by atoms with E-state index in [0.717, 1.165) is 5.56 Å². The van der Waals surface area contributed by atoms with Gasteiger partial charge in [-0.25, -0.2) is 4.68 Å². The SMILES string of the molecule is O=C(NCc1cn[nH]c1)c1cc(NC(=O)c2cc(-c3ccccn3)c(Cl)cc2Cl)n(-c2ccccc2)n1. The summed E-state index contributed by atoms with van der Waals surface area (Å²) in [6.45, 7) is 0.270. The summed E-state index contributed by atoms with van der Waals surface area (Å²) in [5.41, 5.74) is 2.95. The molecule has 0 spiro atoms. The van der Waals surface area contributed by atoms with E-state index in [2.05, 4.69) is 30.9 Å². The molecule has 0 unspecified atom stereocenters. The number of hydrogen-bond donors (Lipinski definition) is 3. The normalized spacial score (nSPS) is 10.8. The van der Waals surface area contributed by atoms with Crippen molar-refractivity contribution in [1.29, 1.82) is 0 Å². The van der Waals surface area contributed by atoms with E-state index in [1.807, 2.05) is 36.4 Å². The quantitative estimate of drug-likeness (QED) is 0.268. The maximum atomic E-state index is 13.4. The number of H-pyrrole nitrogens is 1. The van der Waals surface area contributed by atoms with Crippen LogP contribution >= 0.6 is 23.2 Å². The number of carbonyl (C=O) groups excluding carboxylic acids is 2. The summed E-state index contributed by atoms with van der Waals surface area (Å²) in [6, 6.07) is 19.1. The molecular formula is C26H19Cl2N7O2. The van der Waals surface area contributed by atoms with Crippen LogP contribution in [0.5, 0.6) is 0 Å². The molecule has 0 aliphatic heterocycles. The fourth-order valence-corrected chi connectivity index (χ4v) is 4.19. The molecule has 0 aliphatic carbocycles. The van der Waals surface area contributed by atoms with Crippen LogP contribution in [0.3, 0.4) is 0 Å². The second-order valence-corrected chi connectivity index (χ2v) is 8.75. The number of carbonyl (C=O) groups is 2. The van der Waals surface area contributed by atoms with Crippen LogP contribution in [0, 0.1) is 0 Å². The maximum absolute atomic E-state index is 13.4. The van der Waals surface area contributed by atoms with Gasteiger partial charge in [-0.15, -0.1) is 0 Å². The number of rotatable bonds is 7. The molecule has 0 radical (unpaired) electrons. The van der Waals surface area contributed by atoms with Crippen molar-refractivity contribution in [2.24, 2.45) is 0 Å². The van der Waals surface area contributed by atoms with Gasteiger partial charge < -0.3 is 10.6 Å². The summed E-state index contributed by atoms with van der Waals surface area (Å²) in [5, 5.41) is 17.1. The van der Waals surface area contributed by atoms with Crippen molar-refractivity contribution in [2.75, 3.05) is 5.32 Å². The first-order valence-electron chi connectivity index (χ1n) is 11.1. The average molecular weight is 532 g/mol. The van der Waals surface area contributed by atoms with Crippen LogP contribution in [0.1, 0.15) is 26.4 Å². The van der Waals surface area contributed by atoms with E-state index in [9.17, 15) is 9.59 Å². The summed E-state index contributed by atoms with van der Waals surface area (Å²) in [5.74, 6) is -0.621. The topological polar surface area (TPSA) is 118 Å². The minimum absolute atomic E-state index is 0.124. The first-order valence-corrected chi connectivity index (χ1v) is 11.9. The second-order valence-electron chi connectivity index (χ2n) is 7.93. The molecule has 0 aliphatic rings. The summed E-state index contributed by atoms with van der Waals surface area (Å²) < 4.78 is 1.48. The zero-order chi connectivity index (χ0) is 25.8. The van der Waals surface area contributed by atoms with Crippen LogP contribution in [0.15, 0.2) is 85.3 Å². The van der Waals surface area contributed by atoms with Crippen molar-refractivity contribution in [3.63, 3.8) is 0 Å². The van der Waals surface area contributed by atoms with E-state index < -0.39 is 11.8 Å². The van der Waals surface area contributed by atoms with Gasteiger partial charge in [-0.3, -0.25) is 19.7 Å². The Morgan fingerprint density at radius 2 is 1.76 bits per heavy atom. The number of hydrogen-bond acceptors (Lipinski definition) is 5. The van der Waals surface area contributed by atoms with Gasteiger partial charge in [0.2, 0.25) is 0 Å². The highest BCUT2D eigenvalue weighted by molar-refractivity contribution is 6.38. The van der Waals surface area contributed by atoms with Crippen LogP contribution < -0.4 is 10.6 Å². The van der Waals surface area contributed by atoms with E-state index in [4.69, 9.17) is 23.2 Å². The van der Waals surface area contributed by atoms with Crippen LogP contribution in [-0.2, 0) is 6.54 Å². The lowest BCUT2D eigenvalue weighted by Gasteiger charge is -2.12. The molecule has 11 heteroatoms. The monoisotopic (exact) mass is 531 g/mol. The van der Waals surface area contributed by atoms with E-state index in [-0.39, 0.29) is 28.6 Å². The van der Waals surface area contributed by atoms with E-state index >= 15 is 0 Å². The summed E-state index contributed by atoms with van der Waals surface area (Å²) >= 11 is 12.8. The minimum Gasteiger partial charge on any atom is -0.346 e. The Kier molecular flexibility index (Phi) is 6.98. The van der Waals surface area contributed by atoms with Gasteiger partial charge in [0.25, 0.3) is 11.8 Å². The number of aromatic nitrogens is 5. The fourth-order valence-electron chi connectivity index (χ4n) is 3.62. The number of para-hydroxylation sites is 1. The Hall–Kier alpha value is -4.47. The predicted molar refractivity (Wildman–Crippen MR) is 141 cm³/mol. The summed E-state index contributed by atoms with van der Waals surface area (Å²) in [7, 11) is 0. The molecule has 37 heavy (non-hydrogen) atoms. The maximum Gasteiger partial charge on any atom is 0.272 e. The zero-order valence-electron chi connectivity index (χ0n) is 19.2. The van der Waals surface area contributed by atoms with Gasteiger partial charge in [-0.05, 0) is 36.4 Å². The largest absolute Gasteiger partial charge is 0.346 e. The smallest absolute Gasteiger partial charge is 0.272 e. The number of nitrogens with one attached hydrogen (secondary N) is 3. The van der Waals surface area contributed by atoms with Gasteiger partial charge in [-0.2, -0.15) is 10.2 Å². The molecule has 5 rings (SSSR count). The van der Waals surface area contributed by atoms with Gasteiger partial charge >= 0.3 is 0 Å². The van der Waals surface area contributed by atoms with Crippen LogP contribution in [0.4, 0.5) is 5.82 Å². The molecular weight excluding hydrogens is 513 g/mol. The molecule has 3 N–H and O–H groups in total. The minimum atomic E-state index is -0.499. The van der Waals surface area contributed by atoms with E-state index in [1.165, 1.54) is 16.8 Å². The Balaban J connectivity index is 1.46. The highest BCUT2D eigenvalue weighted by Gasteiger charge is 2.20. The Bertz CT molecular complexity index is 1550. The predicted octanol–water partition coefficient (Wildman–Crippen LogP) is 5.15. The first kappa shape index (κ1) is 24.2. The van der Waals surface area contributed by atoms with Crippen LogP contribution in [0.25, 0.3) is 16.9 Å². The van der Waals surface area contributed by atoms with Crippen LogP contribution in [-0.4, -0.2) is 36.8 Å². The standard InChI is InChI=1S/C26H19Cl2N7O2/c27-20-11-21(28)19(10-18(20)22-8-4-5-9-29-22)25(36)33-24-12-23(26(37)30-13-16-14-31-32-15-16)34-35(24)17-6-2-1-3-7-17/h1-12,14-15H,13H2,(H,30,37)(H,31,32)(H,33,36). The number of anilines is 1.